The van der Waals surface area contributed by atoms with Gasteiger partial charge < -0.3 is 10.4 Å². The topological polar surface area (TPSA) is 32.3 Å². The molecule has 2 N–H and O–H groups in total. The lowest BCUT2D eigenvalue weighted by Crippen LogP contribution is -2.19. The summed E-state index contributed by atoms with van der Waals surface area (Å²) in [5.41, 5.74) is 2.68. The number of fused-ring (bicyclic) bond motifs is 1. The summed E-state index contributed by atoms with van der Waals surface area (Å²) in [5, 5.41) is 12.9. The average Bonchev–Trinajstić information content (AvgIpc) is 2.57. The molecule has 1 aromatic carbocycles. The summed E-state index contributed by atoms with van der Waals surface area (Å²) in [7, 11) is 0. The van der Waals surface area contributed by atoms with Gasteiger partial charge in [-0.2, -0.15) is 0 Å². The average molecular weight is 191 g/mol. The Bertz CT molecular complexity index is 322. The molecule has 0 heterocycles. The Morgan fingerprint density at radius 2 is 2.36 bits per heavy atom. The lowest BCUT2D eigenvalue weighted by atomic mass is 10.1. The first-order chi connectivity index (χ1) is 6.81. The molecule has 76 valence electrons. The van der Waals surface area contributed by atoms with Gasteiger partial charge in [-0.3, -0.25) is 0 Å². The monoisotopic (exact) mass is 191 g/mol. The van der Waals surface area contributed by atoms with Crippen molar-refractivity contribution in [3.8, 4) is 5.75 Å². The van der Waals surface area contributed by atoms with Crippen LogP contribution in [0, 0.1) is 0 Å². The molecular weight excluding hydrogens is 174 g/mol. The molecule has 1 unspecified atom stereocenters. The standard InChI is InChI=1S/C12H17NO/c1-2-7-13-12-6-3-9-8-10(14)4-5-11(9)12/h4-5,8,12-14H,2-3,6-7H2,1H3. The zero-order valence-electron chi connectivity index (χ0n) is 8.59. The lowest BCUT2D eigenvalue weighted by Gasteiger charge is -2.12. The van der Waals surface area contributed by atoms with Crippen LogP contribution in [0.1, 0.15) is 36.9 Å². The van der Waals surface area contributed by atoms with Gasteiger partial charge in [0.05, 0.1) is 0 Å². The Morgan fingerprint density at radius 1 is 1.50 bits per heavy atom. The van der Waals surface area contributed by atoms with Crippen molar-refractivity contribution in [1.29, 1.82) is 0 Å². The maximum atomic E-state index is 9.34. The molecular formula is C12H17NO. The molecule has 0 saturated heterocycles. The molecule has 0 aromatic heterocycles. The van der Waals surface area contributed by atoms with Crippen molar-refractivity contribution in [2.75, 3.05) is 6.54 Å². The highest BCUT2D eigenvalue weighted by Crippen LogP contribution is 2.32. The van der Waals surface area contributed by atoms with Crippen LogP contribution in [0.2, 0.25) is 0 Å². The third-order valence-electron chi connectivity index (χ3n) is 2.85. The SMILES string of the molecule is CCCNC1CCc2cc(O)ccc21. The highest BCUT2D eigenvalue weighted by molar-refractivity contribution is 5.39. The van der Waals surface area contributed by atoms with E-state index in [-0.39, 0.29) is 0 Å². The lowest BCUT2D eigenvalue weighted by molar-refractivity contribution is 0.474. The van der Waals surface area contributed by atoms with Gasteiger partial charge in [-0.1, -0.05) is 13.0 Å². The van der Waals surface area contributed by atoms with E-state index in [4.69, 9.17) is 0 Å². The Balaban J connectivity index is 2.14. The van der Waals surface area contributed by atoms with E-state index >= 15 is 0 Å². The van der Waals surface area contributed by atoms with Crippen molar-refractivity contribution in [2.24, 2.45) is 0 Å². The molecule has 0 saturated carbocycles. The first-order valence-corrected chi connectivity index (χ1v) is 5.36. The number of phenols is 1. The Kier molecular flexibility index (Phi) is 2.73. The summed E-state index contributed by atoms with van der Waals surface area (Å²) >= 11 is 0. The van der Waals surface area contributed by atoms with E-state index in [0.717, 1.165) is 13.0 Å². The van der Waals surface area contributed by atoms with Crippen molar-refractivity contribution in [1.82, 2.24) is 5.32 Å². The van der Waals surface area contributed by atoms with Crippen LogP contribution >= 0.6 is 0 Å². The normalized spacial score (nSPS) is 19.6. The minimum Gasteiger partial charge on any atom is -0.508 e. The van der Waals surface area contributed by atoms with Crippen LogP contribution in [0.25, 0.3) is 0 Å². The third kappa shape index (κ3) is 1.75. The largest absolute Gasteiger partial charge is 0.508 e. The summed E-state index contributed by atoms with van der Waals surface area (Å²) in [6.07, 6.45) is 3.42. The number of aromatic hydroxyl groups is 1. The van der Waals surface area contributed by atoms with Crippen LogP contribution in [-0.2, 0) is 6.42 Å². The molecule has 2 nitrogen and oxygen atoms in total. The molecule has 1 aliphatic rings. The van der Waals surface area contributed by atoms with Crippen LogP contribution in [0.5, 0.6) is 5.75 Å². The van der Waals surface area contributed by atoms with E-state index in [1.54, 1.807) is 6.07 Å². The number of aryl methyl sites for hydroxylation is 1. The summed E-state index contributed by atoms with van der Waals surface area (Å²) in [6.45, 7) is 3.25. The zero-order valence-corrected chi connectivity index (χ0v) is 8.59. The van der Waals surface area contributed by atoms with Gasteiger partial charge >= 0.3 is 0 Å². The molecule has 0 fully saturated rings. The highest BCUT2D eigenvalue weighted by atomic mass is 16.3. The van der Waals surface area contributed by atoms with Crippen LogP contribution in [0.3, 0.4) is 0 Å². The van der Waals surface area contributed by atoms with Gasteiger partial charge in [-0.05, 0) is 49.1 Å². The van der Waals surface area contributed by atoms with Gasteiger partial charge in [-0.25, -0.2) is 0 Å². The summed E-state index contributed by atoms with van der Waals surface area (Å²) < 4.78 is 0. The molecule has 0 bridgehead atoms. The van der Waals surface area contributed by atoms with Gasteiger partial charge in [0.2, 0.25) is 0 Å². The molecule has 1 atom stereocenters. The Hall–Kier alpha value is -1.02. The molecule has 0 spiro atoms. The minimum atomic E-state index is 0.389. The van der Waals surface area contributed by atoms with E-state index in [1.165, 1.54) is 24.0 Å². The first-order valence-electron chi connectivity index (χ1n) is 5.36. The second-order valence-corrected chi connectivity index (χ2v) is 3.93. The molecule has 0 radical (unpaired) electrons. The number of rotatable bonds is 3. The van der Waals surface area contributed by atoms with Gasteiger partial charge in [0, 0.05) is 6.04 Å². The van der Waals surface area contributed by atoms with Crippen LogP contribution in [0.4, 0.5) is 0 Å². The van der Waals surface area contributed by atoms with E-state index < -0.39 is 0 Å². The number of benzene rings is 1. The smallest absolute Gasteiger partial charge is 0.115 e. The highest BCUT2D eigenvalue weighted by Gasteiger charge is 2.21. The van der Waals surface area contributed by atoms with Gasteiger partial charge in [-0.15, -0.1) is 0 Å². The fraction of sp³-hybridized carbons (Fsp3) is 0.500. The van der Waals surface area contributed by atoms with Crippen LogP contribution in [-0.4, -0.2) is 11.7 Å². The first kappa shape index (κ1) is 9.53. The van der Waals surface area contributed by atoms with E-state index in [1.807, 2.05) is 12.1 Å². The van der Waals surface area contributed by atoms with Crippen molar-refractivity contribution in [3.63, 3.8) is 0 Å². The fourth-order valence-electron chi connectivity index (χ4n) is 2.13. The maximum Gasteiger partial charge on any atom is 0.115 e. The zero-order chi connectivity index (χ0) is 9.97. The van der Waals surface area contributed by atoms with Gasteiger partial charge in [0.15, 0.2) is 0 Å². The van der Waals surface area contributed by atoms with Crippen LogP contribution in [0.15, 0.2) is 18.2 Å². The summed E-state index contributed by atoms with van der Waals surface area (Å²) in [4.78, 5) is 0. The van der Waals surface area contributed by atoms with Crippen molar-refractivity contribution in [2.45, 2.75) is 32.2 Å². The number of phenolic OH excluding ortho intramolecular Hbond substituents is 1. The quantitative estimate of drug-likeness (QED) is 0.768. The Labute approximate surface area is 85.0 Å². The van der Waals surface area contributed by atoms with Crippen molar-refractivity contribution >= 4 is 0 Å². The second-order valence-electron chi connectivity index (χ2n) is 3.93. The summed E-state index contributed by atoms with van der Waals surface area (Å²) in [5.74, 6) is 0.389. The number of nitrogens with one attached hydrogen (secondary N) is 1. The number of hydrogen-bond acceptors (Lipinski definition) is 2. The van der Waals surface area contributed by atoms with E-state index in [2.05, 4.69) is 12.2 Å². The summed E-state index contributed by atoms with van der Waals surface area (Å²) in [6, 6.07) is 6.23. The minimum absolute atomic E-state index is 0.389. The fourth-order valence-corrected chi connectivity index (χ4v) is 2.13. The molecule has 1 aliphatic carbocycles. The number of hydrogen-bond donors (Lipinski definition) is 2. The molecule has 14 heavy (non-hydrogen) atoms. The predicted octanol–water partition coefficient (Wildman–Crippen LogP) is 2.38. The van der Waals surface area contributed by atoms with Crippen molar-refractivity contribution in [3.05, 3.63) is 29.3 Å². The van der Waals surface area contributed by atoms with Gasteiger partial charge in [0.1, 0.15) is 5.75 Å². The van der Waals surface area contributed by atoms with Crippen LogP contribution < -0.4 is 5.32 Å². The maximum absolute atomic E-state index is 9.34. The molecule has 2 rings (SSSR count). The molecule has 2 heteroatoms. The van der Waals surface area contributed by atoms with Gasteiger partial charge in [0.25, 0.3) is 0 Å². The molecule has 0 amide bonds. The molecule has 0 aliphatic heterocycles. The Morgan fingerprint density at radius 3 is 3.14 bits per heavy atom. The second kappa shape index (κ2) is 4.01. The van der Waals surface area contributed by atoms with E-state index in [0.29, 0.717) is 11.8 Å². The van der Waals surface area contributed by atoms with E-state index in [9.17, 15) is 5.11 Å². The molecule has 1 aromatic rings. The predicted molar refractivity (Wildman–Crippen MR) is 57.5 cm³/mol. The third-order valence-corrected chi connectivity index (χ3v) is 2.85. The van der Waals surface area contributed by atoms with Crippen molar-refractivity contribution < 1.29 is 5.11 Å².